The van der Waals surface area contributed by atoms with E-state index in [-0.39, 0.29) is 11.6 Å². The SMILES string of the molecule is C#CCOc1cc(-n2nc(CC)c(CC)c2CC)c(F)cc1Cl. The van der Waals surface area contributed by atoms with Crippen LogP contribution in [0, 0.1) is 18.2 Å². The molecule has 1 aromatic heterocycles. The van der Waals surface area contributed by atoms with Crippen molar-refractivity contribution >= 4 is 11.6 Å². The van der Waals surface area contributed by atoms with E-state index in [0.29, 0.717) is 11.4 Å². The Morgan fingerprint density at radius 2 is 2.00 bits per heavy atom. The zero-order valence-corrected chi connectivity index (χ0v) is 14.4. The Hall–Kier alpha value is -1.99. The molecule has 5 heteroatoms. The van der Waals surface area contributed by atoms with Crippen LogP contribution in [0.4, 0.5) is 4.39 Å². The Kier molecular flexibility index (Phi) is 5.68. The lowest BCUT2D eigenvalue weighted by Crippen LogP contribution is -2.06. The molecule has 0 saturated heterocycles. The molecule has 0 fully saturated rings. The Balaban J connectivity index is 2.62. The van der Waals surface area contributed by atoms with Crippen molar-refractivity contribution < 1.29 is 9.13 Å². The molecule has 0 aliphatic carbocycles. The number of benzene rings is 1. The average Bonchev–Trinajstić information content (AvgIpc) is 2.91. The van der Waals surface area contributed by atoms with E-state index in [9.17, 15) is 4.39 Å². The van der Waals surface area contributed by atoms with Gasteiger partial charge in [-0.1, -0.05) is 38.3 Å². The number of aryl methyl sites for hydroxylation is 1. The predicted molar refractivity (Wildman–Crippen MR) is 91.0 cm³/mol. The van der Waals surface area contributed by atoms with Crippen LogP contribution in [0.5, 0.6) is 5.75 Å². The summed E-state index contributed by atoms with van der Waals surface area (Å²) in [5, 5.41) is 4.78. The van der Waals surface area contributed by atoms with Gasteiger partial charge in [0, 0.05) is 11.8 Å². The predicted octanol–water partition coefficient (Wildman–Crippen LogP) is 4.36. The lowest BCUT2D eigenvalue weighted by Gasteiger charge is -2.12. The number of aromatic nitrogens is 2. The van der Waals surface area contributed by atoms with E-state index in [4.69, 9.17) is 22.8 Å². The summed E-state index contributed by atoms with van der Waals surface area (Å²) in [6.45, 7) is 6.24. The van der Waals surface area contributed by atoms with E-state index in [1.54, 1.807) is 10.7 Å². The third kappa shape index (κ3) is 3.35. The smallest absolute Gasteiger partial charge is 0.150 e. The van der Waals surface area contributed by atoms with Crippen molar-refractivity contribution in [3.8, 4) is 23.8 Å². The first-order chi connectivity index (χ1) is 11.1. The van der Waals surface area contributed by atoms with Gasteiger partial charge in [-0.05, 0) is 30.9 Å². The summed E-state index contributed by atoms with van der Waals surface area (Å²) in [5.41, 5.74) is 3.50. The van der Waals surface area contributed by atoms with Crippen molar-refractivity contribution in [2.75, 3.05) is 6.61 Å². The van der Waals surface area contributed by atoms with Gasteiger partial charge in [-0.3, -0.25) is 0 Å². The molecule has 1 aromatic carbocycles. The first-order valence-electron chi connectivity index (χ1n) is 7.72. The van der Waals surface area contributed by atoms with Crippen LogP contribution < -0.4 is 4.74 Å². The van der Waals surface area contributed by atoms with E-state index in [2.05, 4.69) is 17.9 Å². The normalized spacial score (nSPS) is 10.6. The van der Waals surface area contributed by atoms with E-state index in [1.165, 1.54) is 11.6 Å². The molecule has 0 atom stereocenters. The molecule has 2 aromatic rings. The summed E-state index contributed by atoms with van der Waals surface area (Å²) in [4.78, 5) is 0. The maximum absolute atomic E-state index is 14.5. The van der Waals surface area contributed by atoms with E-state index in [0.717, 1.165) is 30.7 Å². The van der Waals surface area contributed by atoms with Crippen molar-refractivity contribution in [1.82, 2.24) is 9.78 Å². The van der Waals surface area contributed by atoms with E-state index < -0.39 is 5.82 Å². The molecule has 0 radical (unpaired) electrons. The minimum atomic E-state index is -0.439. The van der Waals surface area contributed by atoms with Crippen LogP contribution >= 0.6 is 11.6 Å². The highest BCUT2D eigenvalue weighted by molar-refractivity contribution is 6.32. The zero-order valence-electron chi connectivity index (χ0n) is 13.6. The molecule has 0 unspecified atom stereocenters. The third-order valence-corrected chi connectivity index (χ3v) is 4.03. The second-order valence-electron chi connectivity index (χ2n) is 5.07. The van der Waals surface area contributed by atoms with E-state index in [1.807, 2.05) is 13.8 Å². The summed E-state index contributed by atoms with van der Waals surface area (Å²) < 4.78 is 21.5. The summed E-state index contributed by atoms with van der Waals surface area (Å²) in [7, 11) is 0. The third-order valence-electron chi connectivity index (χ3n) is 3.74. The Morgan fingerprint density at radius 3 is 2.57 bits per heavy atom. The summed E-state index contributed by atoms with van der Waals surface area (Å²) >= 11 is 6.03. The van der Waals surface area contributed by atoms with Crippen molar-refractivity contribution in [2.24, 2.45) is 0 Å². The van der Waals surface area contributed by atoms with Gasteiger partial charge in [0.05, 0.1) is 10.7 Å². The van der Waals surface area contributed by atoms with Gasteiger partial charge in [0.2, 0.25) is 0 Å². The first kappa shape index (κ1) is 17.4. The number of hydrogen-bond acceptors (Lipinski definition) is 2. The van der Waals surface area contributed by atoms with Crippen LogP contribution in [0.1, 0.15) is 37.7 Å². The molecule has 0 amide bonds. The van der Waals surface area contributed by atoms with E-state index >= 15 is 0 Å². The minimum absolute atomic E-state index is 0.0744. The number of rotatable bonds is 6. The number of terminal acetylenes is 1. The highest BCUT2D eigenvalue weighted by atomic mass is 35.5. The lowest BCUT2D eigenvalue weighted by atomic mass is 10.1. The van der Waals surface area contributed by atoms with Gasteiger partial charge in [-0.15, -0.1) is 6.42 Å². The van der Waals surface area contributed by atoms with Crippen molar-refractivity contribution in [1.29, 1.82) is 0 Å². The molecule has 0 aliphatic heterocycles. The highest BCUT2D eigenvalue weighted by Crippen LogP contribution is 2.31. The Bertz CT molecular complexity index is 746. The number of halogens is 2. The molecule has 23 heavy (non-hydrogen) atoms. The first-order valence-corrected chi connectivity index (χ1v) is 8.10. The van der Waals surface area contributed by atoms with Crippen LogP contribution in [0.3, 0.4) is 0 Å². The second-order valence-corrected chi connectivity index (χ2v) is 5.48. The fraction of sp³-hybridized carbons (Fsp3) is 0.389. The molecule has 0 spiro atoms. The summed E-state index contributed by atoms with van der Waals surface area (Å²) in [6, 6.07) is 2.79. The monoisotopic (exact) mass is 334 g/mol. The fourth-order valence-electron chi connectivity index (χ4n) is 2.70. The van der Waals surface area contributed by atoms with Crippen LogP contribution in [-0.2, 0) is 19.3 Å². The number of nitrogens with zero attached hydrogens (tertiary/aromatic N) is 2. The van der Waals surface area contributed by atoms with Gasteiger partial charge >= 0.3 is 0 Å². The highest BCUT2D eigenvalue weighted by Gasteiger charge is 2.19. The van der Waals surface area contributed by atoms with Crippen LogP contribution in [0.25, 0.3) is 5.69 Å². The molecule has 0 saturated carbocycles. The fourth-order valence-corrected chi connectivity index (χ4v) is 2.91. The van der Waals surface area contributed by atoms with Crippen LogP contribution in [-0.4, -0.2) is 16.4 Å². The topological polar surface area (TPSA) is 27.1 Å². The number of hydrogen-bond donors (Lipinski definition) is 0. The molecule has 0 aliphatic rings. The summed E-state index contributed by atoms with van der Waals surface area (Å²) in [5.74, 6) is 2.29. The van der Waals surface area contributed by atoms with Gasteiger partial charge in [0.15, 0.2) is 5.82 Å². The second kappa shape index (κ2) is 7.52. The zero-order chi connectivity index (χ0) is 17.0. The quantitative estimate of drug-likeness (QED) is 0.734. The molecule has 2 rings (SSSR count). The van der Waals surface area contributed by atoms with Gasteiger partial charge in [0.1, 0.15) is 18.0 Å². The van der Waals surface area contributed by atoms with Crippen LogP contribution in [0.15, 0.2) is 12.1 Å². The number of ether oxygens (including phenoxy) is 1. The summed E-state index contributed by atoms with van der Waals surface area (Å²) in [6.07, 6.45) is 7.63. The molecule has 0 bridgehead atoms. The molecule has 0 N–H and O–H groups in total. The standard InChI is InChI=1S/C18H20ClFN2O/c1-5-9-23-18-11-17(14(20)10-13(18)19)22-16(8-4)12(6-2)15(7-3)21-22/h1,10-11H,6-9H2,2-4H3. The Labute approximate surface area is 141 Å². The average molecular weight is 335 g/mol. The maximum Gasteiger partial charge on any atom is 0.150 e. The Morgan fingerprint density at radius 1 is 1.26 bits per heavy atom. The molecule has 1 heterocycles. The van der Waals surface area contributed by atoms with Gasteiger partial charge in [0.25, 0.3) is 0 Å². The van der Waals surface area contributed by atoms with Gasteiger partial charge in [-0.2, -0.15) is 5.10 Å². The van der Waals surface area contributed by atoms with Crippen LogP contribution in [0.2, 0.25) is 5.02 Å². The van der Waals surface area contributed by atoms with Crippen molar-refractivity contribution in [3.05, 3.63) is 39.9 Å². The maximum atomic E-state index is 14.5. The molecular formula is C18H20ClFN2O. The molecular weight excluding hydrogens is 315 g/mol. The van der Waals surface area contributed by atoms with Gasteiger partial charge < -0.3 is 4.74 Å². The molecule has 122 valence electrons. The van der Waals surface area contributed by atoms with Gasteiger partial charge in [-0.25, -0.2) is 9.07 Å². The van der Waals surface area contributed by atoms with Crippen molar-refractivity contribution in [3.63, 3.8) is 0 Å². The largest absolute Gasteiger partial charge is 0.479 e. The molecule has 3 nitrogen and oxygen atoms in total. The van der Waals surface area contributed by atoms with Crippen molar-refractivity contribution in [2.45, 2.75) is 40.0 Å². The lowest BCUT2D eigenvalue weighted by molar-refractivity contribution is 0.369. The minimum Gasteiger partial charge on any atom is -0.479 e.